The van der Waals surface area contributed by atoms with Gasteiger partial charge in [0.1, 0.15) is 0 Å². The van der Waals surface area contributed by atoms with Crippen molar-refractivity contribution in [2.24, 2.45) is 0 Å². The summed E-state index contributed by atoms with van der Waals surface area (Å²) in [7, 11) is 0. The van der Waals surface area contributed by atoms with E-state index in [1.807, 2.05) is 0 Å². The highest BCUT2D eigenvalue weighted by Crippen LogP contribution is 2.31. The average molecular weight is 167 g/mol. The first kappa shape index (κ1) is 8.27. The minimum atomic E-state index is -0.486. The van der Waals surface area contributed by atoms with E-state index >= 15 is 0 Å². The molecule has 68 valence electrons. The average Bonchev–Trinajstić information content (AvgIpc) is 2.55. The van der Waals surface area contributed by atoms with Gasteiger partial charge in [0.05, 0.1) is 5.60 Å². The van der Waals surface area contributed by atoms with Gasteiger partial charge in [-0.1, -0.05) is 6.08 Å². The number of allylic oxidation sites excluding steroid dienone is 1. The van der Waals surface area contributed by atoms with Crippen LogP contribution in [0.5, 0.6) is 0 Å². The molecule has 0 aromatic heterocycles. The van der Waals surface area contributed by atoms with Crippen LogP contribution in [-0.4, -0.2) is 23.8 Å². The molecule has 1 saturated heterocycles. The molecule has 2 heteroatoms. The molecule has 0 bridgehead atoms. The summed E-state index contributed by atoms with van der Waals surface area (Å²) in [5, 5.41) is 13.4. The first-order valence-electron chi connectivity index (χ1n) is 4.94. The first-order valence-corrected chi connectivity index (χ1v) is 4.94. The number of nitrogens with one attached hydrogen (secondary N) is 1. The molecule has 2 rings (SSSR count). The summed E-state index contributed by atoms with van der Waals surface area (Å²) in [5.41, 5.74) is 0.805. The van der Waals surface area contributed by atoms with Crippen molar-refractivity contribution in [1.82, 2.24) is 5.32 Å². The largest absolute Gasteiger partial charge is 0.384 e. The third-order valence-corrected chi connectivity index (χ3v) is 3.02. The molecule has 0 aromatic rings. The molecule has 0 radical (unpaired) electrons. The molecule has 2 nitrogen and oxygen atoms in total. The van der Waals surface area contributed by atoms with E-state index in [4.69, 9.17) is 0 Å². The Labute approximate surface area is 73.7 Å². The Bertz CT molecular complexity index is 192. The van der Waals surface area contributed by atoms with Crippen molar-refractivity contribution in [1.29, 1.82) is 0 Å². The molecular weight excluding hydrogens is 150 g/mol. The molecule has 12 heavy (non-hydrogen) atoms. The standard InChI is InChI=1S/C10H17NO/c12-10(6-7-11-8-10)9-4-2-1-3-5-9/h4,11-12H,1-3,5-8H2. The molecule has 1 heterocycles. The van der Waals surface area contributed by atoms with Gasteiger partial charge >= 0.3 is 0 Å². The second-order valence-corrected chi connectivity index (χ2v) is 3.93. The van der Waals surface area contributed by atoms with Gasteiger partial charge in [-0.15, -0.1) is 0 Å². The Morgan fingerprint density at radius 2 is 2.33 bits per heavy atom. The molecule has 1 unspecified atom stereocenters. The van der Waals surface area contributed by atoms with E-state index in [1.54, 1.807) is 0 Å². The zero-order valence-corrected chi connectivity index (χ0v) is 7.47. The van der Waals surface area contributed by atoms with E-state index < -0.39 is 5.60 Å². The van der Waals surface area contributed by atoms with E-state index in [-0.39, 0.29) is 0 Å². The Balaban J connectivity index is 2.10. The lowest BCUT2D eigenvalue weighted by atomic mass is 9.85. The lowest BCUT2D eigenvalue weighted by molar-refractivity contribution is 0.0943. The molecule has 2 aliphatic rings. The second kappa shape index (κ2) is 3.19. The van der Waals surface area contributed by atoms with Crippen LogP contribution in [0.25, 0.3) is 0 Å². The highest BCUT2D eigenvalue weighted by molar-refractivity contribution is 5.21. The summed E-state index contributed by atoms with van der Waals surface area (Å²) in [6.45, 7) is 1.73. The number of rotatable bonds is 1. The fraction of sp³-hybridized carbons (Fsp3) is 0.800. The van der Waals surface area contributed by atoms with Crippen LogP contribution in [0.3, 0.4) is 0 Å². The van der Waals surface area contributed by atoms with Gasteiger partial charge in [-0.05, 0) is 44.2 Å². The maximum Gasteiger partial charge on any atom is 0.0992 e. The Morgan fingerprint density at radius 3 is 2.92 bits per heavy atom. The normalized spacial score (nSPS) is 36.6. The van der Waals surface area contributed by atoms with E-state index in [9.17, 15) is 5.11 Å². The van der Waals surface area contributed by atoms with Gasteiger partial charge in [0, 0.05) is 6.54 Å². The Hall–Kier alpha value is -0.340. The van der Waals surface area contributed by atoms with E-state index in [0.29, 0.717) is 0 Å². The van der Waals surface area contributed by atoms with E-state index in [1.165, 1.54) is 18.4 Å². The van der Waals surface area contributed by atoms with Crippen molar-refractivity contribution in [2.75, 3.05) is 13.1 Å². The van der Waals surface area contributed by atoms with Crippen molar-refractivity contribution < 1.29 is 5.11 Å². The molecule has 2 N–H and O–H groups in total. The molecule has 1 aliphatic heterocycles. The molecule has 0 amide bonds. The summed E-state index contributed by atoms with van der Waals surface area (Å²) in [5.74, 6) is 0. The van der Waals surface area contributed by atoms with Crippen LogP contribution >= 0.6 is 0 Å². The number of β-amino-alcohol motifs (C(OH)–C–C–N with tert-alkyl or cyclic N) is 1. The Kier molecular flexibility index (Phi) is 2.20. The molecule has 1 fully saturated rings. The van der Waals surface area contributed by atoms with E-state index in [2.05, 4.69) is 11.4 Å². The fourth-order valence-electron chi connectivity index (χ4n) is 2.21. The predicted octanol–water partition coefficient (Wildman–Crippen LogP) is 1.21. The van der Waals surface area contributed by atoms with Crippen LogP contribution in [0.1, 0.15) is 32.1 Å². The summed E-state index contributed by atoms with van der Waals surface area (Å²) in [4.78, 5) is 0. The summed E-state index contributed by atoms with van der Waals surface area (Å²) >= 11 is 0. The summed E-state index contributed by atoms with van der Waals surface area (Å²) in [6.07, 6.45) is 7.98. The monoisotopic (exact) mass is 167 g/mol. The molecular formula is C10H17NO. The van der Waals surface area contributed by atoms with Crippen molar-refractivity contribution in [3.63, 3.8) is 0 Å². The fourth-order valence-corrected chi connectivity index (χ4v) is 2.21. The summed E-state index contributed by atoms with van der Waals surface area (Å²) < 4.78 is 0. The third-order valence-electron chi connectivity index (χ3n) is 3.02. The van der Waals surface area contributed by atoms with Crippen LogP contribution in [0.2, 0.25) is 0 Å². The van der Waals surface area contributed by atoms with E-state index in [0.717, 1.165) is 32.4 Å². The Morgan fingerprint density at radius 1 is 1.42 bits per heavy atom. The van der Waals surface area contributed by atoms with Crippen LogP contribution in [0.4, 0.5) is 0 Å². The number of hydrogen-bond acceptors (Lipinski definition) is 2. The number of hydrogen-bond donors (Lipinski definition) is 2. The van der Waals surface area contributed by atoms with Crippen LogP contribution in [0, 0.1) is 0 Å². The second-order valence-electron chi connectivity index (χ2n) is 3.93. The van der Waals surface area contributed by atoms with Crippen molar-refractivity contribution in [2.45, 2.75) is 37.7 Å². The first-order chi connectivity index (χ1) is 5.81. The predicted molar refractivity (Wildman–Crippen MR) is 49.0 cm³/mol. The third kappa shape index (κ3) is 1.41. The van der Waals surface area contributed by atoms with Gasteiger partial charge in [-0.25, -0.2) is 0 Å². The van der Waals surface area contributed by atoms with Crippen molar-refractivity contribution in [3.05, 3.63) is 11.6 Å². The molecule has 0 aromatic carbocycles. The van der Waals surface area contributed by atoms with Crippen LogP contribution in [0.15, 0.2) is 11.6 Å². The van der Waals surface area contributed by atoms with Crippen molar-refractivity contribution in [3.8, 4) is 0 Å². The SMILES string of the molecule is OC1(C2=CCCCC2)CCNC1. The lowest BCUT2D eigenvalue weighted by Crippen LogP contribution is -2.34. The molecule has 1 atom stereocenters. The minimum Gasteiger partial charge on any atom is -0.384 e. The van der Waals surface area contributed by atoms with Crippen LogP contribution in [-0.2, 0) is 0 Å². The van der Waals surface area contributed by atoms with Crippen molar-refractivity contribution >= 4 is 0 Å². The topological polar surface area (TPSA) is 32.3 Å². The molecule has 0 spiro atoms. The van der Waals surface area contributed by atoms with Gasteiger partial charge in [-0.3, -0.25) is 0 Å². The molecule has 0 saturated carbocycles. The van der Waals surface area contributed by atoms with Crippen LogP contribution < -0.4 is 5.32 Å². The van der Waals surface area contributed by atoms with Gasteiger partial charge < -0.3 is 10.4 Å². The van der Waals surface area contributed by atoms with Gasteiger partial charge in [0.25, 0.3) is 0 Å². The smallest absolute Gasteiger partial charge is 0.0992 e. The maximum absolute atomic E-state index is 10.2. The van der Waals surface area contributed by atoms with Gasteiger partial charge in [-0.2, -0.15) is 0 Å². The quantitative estimate of drug-likeness (QED) is 0.575. The lowest BCUT2D eigenvalue weighted by Gasteiger charge is -2.27. The van der Waals surface area contributed by atoms with Gasteiger partial charge in [0.15, 0.2) is 0 Å². The zero-order valence-electron chi connectivity index (χ0n) is 7.47. The highest BCUT2D eigenvalue weighted by atomic mass is 16.3. The highest BCUT2D eigenvalue weighted by Gasteiger charge is 2.34. The maximum atomic E-state index is 10.2. The zero-order chi connectivity index (χ0) is 8.44. The minimum absolute atomic E-state index is 0.486. The number of aliphatic hydroxyl groups is 1. The summed E-state index contributed by atoms with van der Waals surface area (Å²) in [6, 6.07) is 0. The molecule has 1 aliphatic carbocycles. The van der Waals surface area contributed by atoms with Gasteiger partial charge in [0.2, 0.25) is 0 Å².